The summed E-state index contributed by atoms with van der Waals surface area (Å²) in [6.07, 6.45) is 5.51. The number of amides is 1. The Kier molecular flexibility index (Phi) is 5.30. The molecule has 3 heterocycles. The first-order valence-corrected chi connectivity index (χ1v) is 11.4. The number of aryl methyl sites for hydroxylation is 1. The van der Waals surface area contributed by atoms with Crippen LogP contribution in [-0.2, 0) is 9.53 Å². The predicted octanol–water partition coefficient (Wildman–Crippen LogP) is 5.13. The van der Waals surface area contributed by atoms with Crippen LogP contribution in [0.25, 0.3) is 5.57 Å². The van der Waals surface area contributed by atoms with Gasteiger partial charge in [0.15, 0.2) is 0 Å². The Morgan fingerprint density at radius 2 is 2.06 bits per heavy atom. The highest BCUT2D eigenvalue weighted by Crippen LogP contribution is 2.50. The molecular formula is C26H31N3O2. The number of fused-ring (bicyclic) bond motifs is 1. The first kappa shape index (κ1) is 20.3. The summed E-state index contributed by atoms with van der Waals surface area (Å²) in [7, 11) is 0. The van der Waals surface area contributed by atoms with Crippen molar-refractivity contribution in [3.05, 3.63) is 59.3 Å². The van der Waals surface area contributed by atoms with Gasteiger partial charge in [0.1, 0.15) is 5.82 Å². The van der Waals surface area contributed by atoms with E-state index in [1.807, 2.05) is 25.1 Å². The fourth-order valence-electron chi connectivity index (χ4n) is 5.34. The van der Waals surface area contributed by atoms with E-state index in [2.05, 4.69) is 41.4 Å². The minimum atomic E-state index is 0.103. The second kappa shape index (κ2) is 8.12. The van der Waals surface area contributed by atoms with Gasteiger partial charge >= 0.3 is 0 Å². The maximum atomic E-state index is 12.8. The lowest BCUT2D eigenvalue weighted by Crippen LogP contribution is -2.51. The third-order valence-corrected chi connectivity index (χ3v) is 6.95. The molecule has 5 rings (SSSR count). The van der Waals surface area contributed by atoms with E-state index in [0.717, 1.165) is 30.2 Å². The molecular weight excluding hydrogens is 386 g/mol. The molecule has 1 unspecified atom stereocenters. The summed E-state index contributed by atoms with van der Waals surface area (Å²) in [6, 6.07) is 13.0. The van der Waals surface area contributed by atoms with E-state index in [0.29, 0.717) is 12.5 Å². The van der Waals surface area contributed by atoms with Crippen LogP contribution in [-0.4, -0.2) is 30.1 Å². The number of carbonyl (C=O) groups is 1. The number of ether oxygens (including phenoxy) is 1. The first-order chi connectivity index (χ1) is 15.0. The van der Waals surface area contributed by atoms with Crippen molar-refractivity contribution in [2.24, 2.45) is 11.8 Å². The Hall–Kier alpha value is -2.66. The summed E-state index contributed by atoms with van der Waals surface area (Å²) in [6.45, 7) is 7.44. The van der Waals surface area contributed by atoms with Crippen LogP contribution in [0.2, 0.25) is 0 Å². The number of hydrogen-bond donors (Lipinski definition) is 1. The lowest BCUT2D eigenvalue weighted by molar-refractivity contribution is -0.117. The summed E-state index contributed by atoms with van der Waals surface area (Å²) >= 11 is 0. The minimum Gasteiger partial charge on any atom is -0.377 e. The zero-order valence-electron chi connectivity index (χ0n) is 18.6. The molecule has 1 aromatic heterocycles. The molecule has 0 radical (unpaired) electrons. The molecule has 31 heavy (non-hydrogen) atoms. The van der Waals surface area contributed by atoms with Crippen molar-refractivity contribution in [1.82, 2.24) is 4.98 Å². The monoisotopic (exact) mass is 417 g/mol. The van der Waals surface area contributed by atoms with E-state index in [-0.39, 0.29) is 23.9 Å². The van der Waals surface area contributed by atoms with Gasteiger partial charge in [-0.2, -0.15) is 0 Å². The fourth-order valence-corrected chi connectivity index (χ4v) is 5.34. The van der Waals surface area contributed by atoms with Crippen LogP contribution in [0.15, 0.2) is 42.5 Å². The summed E-state index contributed by atoms with van der Waals surface area (Å²) in [4.78, 5) is 19.6. The van der Waals surface area contributed by atoms with Crippen molar-refractivity contribution in [2.75, 3.05) is 23.4 Å². The minimum absolute atomic E-state index is 0.103. The normalized spacial score (nSPS) is 25.6. The Morgan fingerprint density at radius 1 is 1.23 bits per heavy atom. The molecule has 3 aliphatic rings. The number of carbonyl (C=O) groups excluding carboxylic acids is 1. The molecule has 3 atom stereocenters. The van der Waals surface area contributed by atoms with Crippen LogP contribution in [0, 0.1) is 18.8 Å². The van der Waals surface area contributed by atoms with Crippen molar-refractivity contribution in [3.8, 4) is 0 Å². The van der Waals surface area contributed by atoms with Gasteiger partial charge in [-0.3, -0.25) is 4.79 Å². The van der Waals surface area contributed by atoms with Gasteiger partial charge in [0.2, 0.25) is 5.91 Å². The number of rotatable bonds is 4. The van der Waals surface area contributed by atoms with Crippen molar-refractivity contribution in [2.45, 2.75) is 52.1 Å². The molecule has 1 saturated carbocycles. The molecule has 1 N–H and O–H groups in total. The highest BCUT2D eigenvalue weighted by Gasteiger charge is 2.47. The summed E-state index contributed by atoms with van der Waals surface area (Å²) < 4.78 is 5.51. The molecule has 1 aliphatic carbocycles. The molecule has 1 fully saturated rings. The average molecular weight is 418 g/mol. The maximum absolute atomic E-state index is 12.8. The lowest BCUT2D eigenvalue weighted by atomic mass is 9.79. The van der Waals surface area contributed by atoms with Gasteiger partial charge in [-0.25, -0.2) is 4.98 Å². The lowest BCUT2D eigenvalue weighted by Gasteiger charge is -2.46. The third-order valence-electron chi connectivity index (χ3n) is 6.95. The topological polar surface area (TPSA) is 54.5 Å². The van der Waals surface area contributed by atoms with E-state index in [1.165, 1.54) is 29.5 Å². The molecule has 2 aliphatic heterocycles. The van der Waals surface area contributed by atoms with Crippen LogP contribution in [0.5, 0.6) is 0 Å². The van der Waals surface area contributed by atoms with Gasteiger partial charge in [0, 0.05) is 30.3 Å². The van der Waals surface area contributed by atoms with Crippen LogP contribution in [0.3, 0.4) is 0 Å². The number of pyridine rings is 1. The van der Waals surface area contributed by atoms with Crippen molar-refractivity contribution >= 4 is 23.0 Å². The second-order valence-electron chi connectivity index (χ2n) is 9.19. The second-order valence-corrected chi connectivity index (χ2v) is 9.19. The molecule has 1 amide bonds. The van der Waals surface area contributed by atoms with Crippen molar-refractivity contribution < 1.29 is 9.53 Å². The summed E-state index contributed by atoms with van der Waals surface area (Å²) in [5.41, 5.74) is 5.79. The van der Waals surface area contributed by atoms with Gasteiger partial charge in [0.05, 0.1) is 19.3 Å². The van der Waals surface area contributed by atoms with E-state index in [1.54, 1.807) is 6.92 Å². The van der Waals surface area contributed by atoms with E-state index >= 15 is 0 Å². The van der Waals surface area contributed by atoms with E-state index in [9.17, 15) is 4.79 Å². The molecule has 162 valence electrons. The smallest absolute Gasteiger partial charge is 0.224 e. The largest absolute Gasteiger partial charge is 0.377 e. The quantitative estimate of drug-likeness (QED) is 0.749. The summed E-state index contributed by atoms with van der Waals surface area (Å²) in [5, 5.41) is 3.74. The number of anilines is 2. The number of nitrogens with zero attached hydrogens (tertiary/aromatic N) is 2. The molecule has 1 aromatic carbocycles. The van der Waals surface area contributed by atoms with Gasteiger partial charge in [-0.05, 0) is 73.1 Å². The van der Waals surface area contributed by atoms with Crippen LogP contribution in [0.4, 0.5) is 11.5 Å². The number of nitrogens with one attached hydrogen (secondary N) is 1. The number of benzene rings is 1. The Morgan fingerprint density at radius 3 is 2.74 bits per heavy atom. The zero-order chi connectivity index (χ0) is 21.5. The molecule has 5 heteroatoms. The Labute approximate surface area is 184 Å². The maximum Gasteiger partial charge on any atom is 0.224 e. The van der Waals surface area contributed by atoms with Gasteiger partial charge in [0.25, 0.3) is 0 Å². The highest BCUT2D eigenvalue weighted by atomic mass is 16.5. The Balaban J connectivity index is 1.61. The summed E-state index contributed by atoms with van der Waals surface area (Å²) in [5.74, 6) is 1.89. The van der Waals surface area contributed by atoms with Crippen LogP contribution in [0.1, 0.15) is 56.0 Å². The molecule has 2 aromatic rings. The third kappa shape index (κ3) is 3.87. The zero-order valence-corrected chi connectivity index (χ0v) is 18.6. The first-order valence-electron chi connectivity index (χ1n) is 11.4. The predicted molar refractivity (Wildman–Crippen MR) is 124 cm³/mol. The fraction of sp³-hybridized carbons (Fsp3) is 0.462. The molecule has 5 nitrogen and oxygen atoms in total. The molecule has 0 spiro atoms. The van der Waals surface area contributed by atoms with Gasteiger partial charge in [-0.1, -0.05) is 25.1 Å². The van der Waals surface area contributed by atoms with Crippen molar-refractivity contribution in [1.29, 1.82) is 0 Å². The van der Waals surface area contributed by atoms with E-state index < -0.39 is 0 Å². The van der Waals surface area contributed by atoms with Crippen LogP contribution >= 0.6 is 0 Å². The SMILES string of the molecule is CC(=O)N1c2ccc(C3=CCOCC3)cc2C(Nc2cccc(C)n2)[C@@H](C)[C@@H]1C1CC1. The molecule has 0 bridgehead atoms. The van der Waals surface area contributed by atoms with Crippen LogP contribution < -0.4 is 10.2 Å². The molecule has 0 saturated heterocycles. The van der Waals surface area contributed by atoms with Gasteiger partial charge < -0.3 is 15.0 Å². The van der Waals surface area contributed by atoms with E-state index in [4.69, 9.17) is 9.72 Å². The number of aromatic nitrogens is 1. The average Bonchev–Trinajstić information content (AvgIpc) is 3.60. The van der Waals surface area contributed by atoms with Crippen molar-refractivity contribution in [3.63, 3.8) is 0 Å². The Bertz CT molecular complexity index is 1030. The van der Waals surface area contributed by atoms with Gasteiger partial charge in [-0.15, -0.1) is 0 Å². The highest BCUT2D eigenvalue weighted by molar-refractivity contribution is 5.94. The number of hydrogen-bond acceptors (Lipinski definition) is 4. The standard InChI is InChI=1S/C26H31N3O2/c1-16-5-4-6-24(27-16)28-25-17(2)26(20-7-8-20)29(18(3)30)23-10-9-21(15-22(23)25)19-11-13-31-14-12-19/h4-6,9-11,15,17,20,25-26H,7-8,12-14H2,1-3H3,(H,27,28)/t17-,25?,26-/m1/s1.